The standard InChI is InChI=1S/C14H12FNO2S/c15-8-5-6-12-11(7-8)16-13(19-12)9-3-1-2-4-10(9)14(17)18/h1-2,5-7,9-10H,3-4H2,(H,17,18). The van der Waals surface area contributed by atoms with Gasteiger partial charge in [0.1, 0.15) is 5.82 Å². The minimum Gasteiger partial charge on any atom is -0.481 e. The van der Waals surface area contributed by atoms with Crippen LogP contribution < -0.4 is 0 Å². The van der Waals surface area contributed by atoms with Crippen LogP contribution in [-0.4, -0.2) is 16.1 Å². The molecule has 0 spiro atoms. The summed E-state index contributed by atoms with van der Waals surface area (Å²) in [5.74, 6) is -1.65. The summed E-state index contributed by atoms with van der Waals surface area (Å²) >= 11 is 1.46. The second-order valence-electron chi connectivity index (χ2n) is 4.66. The Labute approximate surface area is 113 Å². The first-order valence-electron chi connectivity index (χ1n) is 6.09. The maximum atomic E-state index is 13.2. The van der Waals surface area contributed by atoms with E-state index in [9.17, 15) is 14.3 Å². The molecule has 98 valence electrons. The topological polar surface area (TPSA) is 50.2 Å². The Kier molecular flexibility index (Phi) is 3.06. The van der Waals surface area contributed by atoms with Gasteiger partial charge in [-0.3, -0.25) is 4.79 Å². The molecule has 1 aliphatic carbocycles. The molecule has 0 aliphatic heterocycles. The Bertz CT molecular complexity index is 665. The summed E-state index contributed by atoms with van der Waals surface area (Å²) in [5, 5.41) is 10.1. The number of hydrogen-bond donors (Lipinski definition) is 1. The fourth-order valence-electron chi connectivity index (χ4n) is 2.44. The highest BCUT2D eigenvalue weighted by Crippen LogP contribution is 2.38. The van der Waals surface area contributed by atoms with Crippen LogP contribution in [0.3, 0.4) is 0 Å². The smallest absolute Gasteiger partial charge is 0.307 e. The first kappa shape index (κ1) is 12.3. The summed E-state index contributed by atoms with van der Waals surface area (Å²) in [6.07, 6.45) is 5.11. The molecule has 0 fully saturated rings. The van der Waals surface area contributed by atoms with Crippen molar-refractivity contribution in [2.45, 2.75) is 18.8 Å². The second-order valence-corrected chi connectivity index (χ2v) is 5.72. The zero-order chi connectivity index (χ0) is 13.4. The van der Waals surface area contributed by atoms with Crippen molar-refractivity contribution < 1.29 is 14.3 Å². The lowest BCUT2D eigenvalue weighted by Crippen LogP contribution is -2.23. The Morgan fingerprint density at radius 1 is 1.37 bits per heavy atom. The molecule has 2 aromatic rings. The third-order valence-electron chi connectivity index (χ3n) is 3.43. The molecule has 0 saturated carbocycles. The predicted octanol–water partition coefficient (Wildman–Crippen LogP) is 3.57. The first-order chi connectivity index (χ1) is 9.15. The summed E-state index contributed by atoms with van der Waals surface area (Å²) in [4.78, 5) is 15.7. The molecular weight excluding hydrogens is 265 g/mol. The lowest BCUT2D eigenvalue weighted by molar-refractivity contribution is -0.142. The summed E-state index contributed by atoms with van der Waals surface area (Å²) in [7, 11) is 0. The number of aromatic nitrogens is 1. The molecule has 19 heavy (non-hydrogen) atoms. The number of hydrogen-bond acceptors (Lipinski definition) is 3. The molecule has 1 aromatic carbocycles. The highest BCUT2D eigenvalue weighted by molar-refractivity contribution is 7.18. The SMILES string of the molecule is O=C(O)C1CC=CCC1c1nc2cc(F)ccc2s1. The van der Waals surface area contributed by atoms with E-state index in [4.69, 9.17) is 0 Å². The van der Waals surface area contributed by atoms with Crippen molar-refractivity contribution >= 4 is 27.5 Å². The number of allylic oxidation sites excluding steroid dienone is 2. The van der Waals surface area contributed by atoms with E-state index in [0.29, 0.717) is 18.4 Å². The van der Waals surface area contributed by atoms with Crippen molar-refractivity contribution in [1.29, 1.82) is 0 Å². The summed E-state index contributed by atoms with van der Waals surface area (Å²) in [5.41, 5.74) is 0.610. The molecule has 1 aliphatic rings. The third-order valence-corrected chi connectivity index (χ3v) is 4.60. The van der Waals surface area contributed by atoms with E-state index in [1.807, 2.05) is 12.2 Å². The van der Waals surface area contributed by atoms with Gasteiger partial charge in [0.2, 0.25) is 0 Å². The van der Waals surface area contributed by atoms with Gasteiger partial charge in [0, 0.05) is 12.0 Å². The largest absolute Gasteiger partial charge is 0.481 e. The fourth-order valence-corrected chi connectivity index (χ4v) is 3.56. The zero-order valence-corrected chi connectivity index (χ0v) is 10.9. The quantitative estimate of drug-likeness (QED) is 0.854. The van der Waals surface area contributed by atoms with E-state index in [1.165, 1.54) is 23.5 Å². The van der Waals surface area contributed by atoms with Crippen LogP contribution in [0.2, 0.25) is 0 Å². The summed E-state index contributed by atoms with van der Waals surface area (Å²) < 4.78 is 14.1. The van der Waals surface area contributed by atoms with Crippen LogP contribution in [0.15, 0.2) is 30.4 Å². The van der Waals surface area contributed by atoms with E-state index < -0.39 is 11.9 Å². The zero-order valence-electron chi connectivity index (χ0n) is 10.0. The van der Waals surface area contributed by atoms with E-state index in [-0.39, 0.29) is 11.7 Å². The summed E-state index contributed by atoms with van der Waals surface area (Å²) in [6, 6.07) is 4.49. The minimum atomic E-state index is -0.792. The molecule has 0 amide bonds. The van der Waals surface area contributed by atoms with E-state index in [2.05, 4.69) is 4.98 Å². The van der Waals surface area contributed by atoms with Gasteiger partial charge in [-0.15, -0.1) is 11.3 Å². The number of rotatable bonds is 2. The van der Waals surface area contributed by atoms with E-state index in [1.54, 1.807) is 6.07 Å². The van der Waals surface area contributed by atoms with Crippen molar-refractivity contribution in [1.82, 2.24) is 4.98 Å². The van der Waals surface area contributed by atoms with Gasteiger partial charge in [0.25, 0.3) is 0 Å². The van der Waals surface area contributed by atoms with Crippen LogP contribution in [0.25, 0.3) is 10.2 Å². The average Bonchev–Trinajstić information content (AvgIpc) is 2.81. The van der Waals surface area contributed by atoms with Gasteiger partial charge in [-0.2, -0.15) is 0 Å². The number of carbonyl (C=O) groups is 1. The fraction of sp³-hybridized carbons (Fsp3) is 0.286. The van der Waals surface area contributed by atoms with Crippen molar-refractivity contribution in [3.8, 4) is 0 Å². The molecule has 1 heterocycles. The normalized spacial score (nSPS) is 22.8. The molecule has 2 unspecified atom stereocenters. The van der Waals surface area contributed by atoms with Gasteiger partial charge >= 0.3 is 5.97 Å². The van der Waals surface area contributed by atoms with Gasteiger partial charge in [0.15, 0.2) is 0 Å². The third kappa shape index (κ3) is 2.26. The number of carboxylic acids is 1. The van der Waals surface area contributed by atoms with Gasteiger partial charge < -0.3 is 5.11 Å². The van der Waals surface area contributed by atoms with E-state index in [0.717, 1.165) is 9.71 Å². The number of aliphatic carboxylic acids is 1. The molecule has 3 rings (SSSR count). The highest BCUT2D eigenvalue weighted by Gasteiger charge is 2.32. The molecule has 1 N–H and O–H groups in total. The summed E-state index contributed by atoms with van der Waals surface area (Å²) in [6.45, 7) is 0. The number of benzene rings is 1. The average molecular weight is 277 g/mol. The van der Waals surface area contributed by atoms with Crippen molar-refractivity contribution in [2.24, 2.45) is 5.92 Å². The Hall–Kier alpha value is -1.75. The number of nitrogens with zero attached hydrogens (tertiary/aromatic N) is 1. The van der Waals surface area contributed by atoms with E-state index >= 15 is 0 Å². The van der Waals surface area contributed by atoms with Crippen molar-refractivity contribution in [3.05, 3.63) is 41.2 Å². The molecule has 0 radical (unpaired) electrons. The van der Waals surface area contributed by atoms with Crippen LogP contribution >= 0.6 is 11.3 Å². The number of carboxylic acid groups (broad SMARTS) is 1. The predicted molar refractivity (Wildman–Crippen MR) is 71.8 cm³/mol. The number of fused-ring (bicyclic) bond motifs is 1. The minimum absolute atomic E-state index is 0.108. The van der Waals surface area contributed by atoms with Crippen LogP contribution in [0, 0.1) is 11.7 Å². The molecule has 3 nitrogen and oxygen atoms in total. The van der Waals surface area contributed by atoms with Gasteiger partial charge in [0.05, 0.1) is 21.1 Å². The molecular formula is C14H12FNO2S. The lowest BCUT2D eigenvalue weighted by atomic mass is 9.83. The second kappa shape index (κ2) is 4.74. The maximum absolute atomic E-state index is 13.2. The van der Waals surface area contributed by atoms with Gasteiger partial charge in [-0.05, 0) is 25.0 Å². The van der Waals surface area contributed by atoms with Gasteiger partial charge in [-0.1, -0.05) is 12.2 Å². The van der Waals surface area contributed by atoms with Crippen LogP contribution in [0.4, 0.5) is 4.39 Å². The Morgan fingerprint density at radius 2 is 2.16 bits per heavy atom. The van der Waals surface area contributed by atoms with Gasteiger partial charge in [-0.25, -0.2) is 9.37 Å². The Balaban J connectivity index is 2.02. The number of halogens is 1. The molecule has 0 saturated heterocycles. The molecule has 5 heteroatoms. The van der Waals surface area contributed by atoms with Crippen molar-refractivity contribution in [2.75, 3.05) is 0 Å². The monoisotopic (exact) mass is 277 g/mol. The van der Waals surface area contributed by atoms with Crippen LogP contribution in [0.5, 0.6) is 0 Å². The molecule has 2 atom stereocenters. The first-order valence-corrected chi connectivity index (χ1v) is 6.90. The molecule has 0 bridgehead atoms. The Morgan fingerprint density at radius 3 is 2.95 bits per heavy atom. The van der Waals surface area contributed by atoms with Crippen molar-refractivity contribution in [3.63, 3.8) is 0 Å². The van der Waals surface area contributed by atoms with Crippen LogP contribution in [0.1, 0.15) is 23.8 Å². The maximum Gasteiger partial charge on any atom is 0.307 e. The number of thiazole rings is 1. The highest BCUT2D eigenvalue weighted by atomic mass is 32.1. The lowest BCUT2D eigenvalue weighted by Gasteiger charge is -2.22. The molecule has 1 aromatic heterocycles. The van der Waals surface area contributed by atoms with Crippen LogP contribution in [-0.2, 0) is 4.79 Å².